The van der Waals surface area contributed by atoms with Crippen LogP contribution in [0.2, 0.25) is 0 Å². The summed E-state index contributed by atoms with van der Waals surface area (Å²) in [5, 5.41) is 2.74. The highest BCUT2D eigenvalue weighted by atomic mass is 16.2. The Balaban J connectivity index is 2.91. The van der Waals surface area contributed by atoms with Crippen molar-refractivity contribution in [3.05, 3.63) is 29.8 Å². The number of hydrogen-bond donors (Lipinski definition) is 3. The van der Waals surface area contributed by atoms with Gasteiger partial charge in [0.25, 0.3) is 0 Å². The van der Waals surface area contributed by atoms with E-state index in [0.717, 1.165) is 0 Å². The monoisotopic (exact) mass is 249 g/mol. The fourth-order valence-corrected chi connectivity index (χ4v) is 1.41. The molecule has 5 N–H and O–H groups in total. The largest absolute Gasteiger partial charge is 0.369 e. The highest BCUT2D eigenvalue weighted by molar-refractivity contribution is 5.98. The standard InChI is InChI=1S/C13H19N3O2/c1-3-13(2,15)12(18)16-10-7-5-4-6-9(10)8-11(14)17/h4-7H,3,8,15H2,1-2H3,(H2,14,17)(H,16,18). The van der Waals surface area contributed by atoms with E-state index in [1.807, 2.05) is 6.92 Å². The smallest absolute Gasteiger partial charge is 0.244 e. The summed E-state index contributed by atoms with van der Waals surface area (Å²) >= 11 is 0. The lowest BCUT2D eigenvalue weighted by atomic mass is 9.99. The topological polar surface area (TPSA) is 98.2 Å². The van der Waals surface area contributed by atoms with Crippen molar-refractivity contribution in [2.75, 3.05) is 5.32 Å². The summed E-state index contributed by atoms with van der Waals surface area (Å²) in [5.74, 6) is -0.718. The molecule has 0 fully saturated rings. The van der Waals surface area contributed by atoms with Gasteiger partial charge in [-0.3, -0.25) is 9.59 Å². The van der Waals surface area contributed by atoms with E-state index in [-0.39, 0.29) is 12.3 Å². The first kappa shape index (κ1) is 14.2. The number of amides is 2. The number of hydrogen-bond acceptors (Lipinski definition) is 3. The second-order valence-corrected chi connectivity index (χ2v) is 4.53. The van der Waals surface area contributed by atoms with Crippen LogP contribution in [0.15, 0.2) is 24.3 Å². The first-order chi connectivity index (χ1) is 8.36. The lowest BCUT2D eigenvalue weighted by Gasteiger charge is -2.22. The van der Waals surface area contributed by atoms with Crippen molar-refractivity contribution in [2.45, 2.75) is 32.2 Å². The molecular formula is C13H19N3O2. The van der Waals surface area contributed by atoms with E-state index in [0.29, 0.717) is 17.7 Å². The maximum atomic E-state index is 12.0. The molecular weight excluding hydrogens is 230 g/mol. The molecule has 1 unspecified atom stereocenters. The lowest BCUT2D eigenvalue weighted by molar-refractivity contribution is -0.121. The number of para-hydroxylation sites is 1. The van der Waals surface area contributed by atoms with Gasteiger partial charge in [-0.2, -0.15) is 0 Å². The third kappa shape index (κ3) is 3.56. The molecule has 5 nitrogen and oxygen atoms in total. The maximum Gasteiger partial charge on any atom is 0.244 e. The van der Waals surface area contributed by atoms with Gasteiger partial charge in [0.2, 0.25) is 11.8 Å². The van der Waals surface area contributed by atoms with Gasteiger partial charge in [-0.15, -0.1) is 0 Å². The molecule has 0 radical (unpaired) electrons. The average molecular weight is 249 g/mol. The predicted molar refractivity (Wildman–Crippen MR) is 70.9 cm³/mol. The van der Waals surface area contributed by atoms with Gasteiger partial charge in [0, 0.05) is 5.69 Å². The molecule has 0 saturated carbocycles. The summed E-state index contributed by atoms with van der Waals surface area (Å²) in [6.07, 6.45) is 0.612. The van der Waals surface area contributed by atoms with Crippen molar-refractivity contribution in [1.82, 2.24) is 0 Å². The van der Waals surface area contributed by atoms with Crippen LogP contribution in [0.1, 0.15) is 25.8 Å². The van der Waals surface area contributed by atoms with Crippen molar-refractivity contribution in [3.8, 4) is 0 Å². The Morgan fingerprint density at radius 2 is 1.94 bits per heavy atom. The summed E-state index contributed by atoms with van der Waals surface area (Å²) in [6, 6.07) is 7.04. The van der Waals surface area contributed by atoms with Crippen molar-refractivity contribution in [3.63, 3.8) is 0 Å². The van der Waals surface area contributed by atoms with Gasteiger partial charge in [0.1, 0.15) is 0 Å². The highest BCUT2D eigenvalue weighted by Crippen LogP contribution is 2.17. The lowest BCUT2D eigenvalue weighted by Crippen LogP contribution is -2.47. The summed E-state index contributed by atoms with van der Waals surface area (Å²) in [7, 11) is 0. The molecule has 0 aliphatic rings. The molecule has 1 aromatic rings. The predicted octanol–water partition coefficient (Wildman–Crippen LogP) is 0.780. The van der Waals surface area contributed by atoms with Gasteiger partial charge in [0.05, 0.1) is 12.0 Å². The Morgan fingerprint density at radius 1 is 1.33 bits per heavy atom. The van der Waals surface area contributed by atoms with Crippen molar-refractivity contribution in [2.24, 2.45) is 11.5 Å². The third-order valence-corrected chi connectivity index (χ3v) is 2.88. The molecule has 1 rings (SSSR count). The Labute approximate surface area is 107 Å². The molecule has 0 aliphatic carbocycles. The minimum atomic E-state index is -0.931. The fraction of sp³-hybridized carbons (Fsp3) is 0.385. The zero-order valence-electron chi connectivity index (χ0n) is 10.7. The van der Waals surface area contributed by atoms with Crippen LogP contribution < -0.4 is 16.8 Å². The van der Waals surface area contributed by atoms with E-state index in [1.165, 1.54) is 0 Å². The molecule has 2 amide bonds. The number of benzene rings is 1. The second-order valence-electron chi connectivity index (χ2n) is 4.53. The van der Waals surface area contributed by atoms with E-state index >= 15 is 0 Å². The number of nitrogens with two attached hydrogens (primary N) is 2. The average Bonchev–Trinajstić information content (AvgIpc) is 2.31. The summed E-state index contributed by atoms with van der Waals surface area (Å²) in [6.45, 7) is 3.51. The number of primary amides is 1. The van der Waals surface area contributed by atoms with E-state index < -0.39 is 11.4 Å². The van der Waals surface area contributed by atoms with Crippen LogP contribution in [0.25, 0.3) is 0 Å². The van der Waals surface area contributed by atoms with Gasteiger partial charge in [-0.25, -0.2) is 0 Å². The molecule has 0 heterocycles. The molecule has 0 saturated heterocycles. The number of carbonyl (C=O) groups excluding carboxylic acids is 2. The van der Waals surface area contributed by atoms with E-state index in [2.05, 4.69) is 5.32 Å². The fourth-order valence-electron chi connectivity index (χ4n) is 1.41. The first-order valence-electron chi connectivity index (χ1n) is 5.83. The molecule has 0 aromatic heterocycles. The van der Waals surface area contributed by atoms with Crippen molar-refractivity contribution in [1.29, 1.82) is 0 Å². The highest BCUT2D eigenvalue weighted by Gasteiger charge is 2.26. The quantitative estimate of drug-likeness (QED) is 0.719. The molecule has 1 aromatic carbocycles. The van der Waals surface area contributed by atoms with Gasteiger partial charge in [-0.1, -0.05) is 25.1 Å². The van der Waals surface area contributed by atoms with E-state index in [1.54, 1.807) is 31.2 Å². The van der Waals surface area contributed by atoms with Crippen LogP contribution in [0.5, 0.6) is 0 Å². The van der Waals surface area contributed by atoms with Crippen LogP contribution in [-0.4, -0.2) is 17.4 Å². The van der Waals surface area contributed by atoms with E-state index in [9.17, 15) is 9.59 Å². The molecule has 1 atom stereocenters. The third-order valence-electron chi connectivity index (χ3n) is 2.88. The Hall–Kier alpha value is -1.88. The normalized spacial score (nSPS) is 13.7. The summed E-state index contributed by atoms with van der Waals surface area (Å²) < 4.78 is 0. The Morgan fingerprint density at radius 3 is 2.50 bits per heavy atom. The van der Waals surface area contributed by atoms with Crippen molar-refractivity contribution < 1.29 is 9.59 Å². The Bertz CT molecular complexity index is 455. The van der Waals surface area contributed by atoms with Gasteiger partial charge in [-0.05, 0) is 25.0 Å². The second kappa shape index (κ2) is 5.64. The minimum Gasteiger partial charge on any atom is -0.369 e. The van der Waals surface area contributed by atoms with Crippen LogP contribution in [0, 0.1) is 0 Å². The van der Waals surface area contributed by atoms with Crippen LogP contribution in [-0.2, 0) is 16.0 Å². The molecule has 5 heteroatoms. The maximum absolute atomic E-state index is 12.0. The van der Waals surface area contributed by atoms with Gasteiger partial charge < -0.3 is 16.8 Å². The number of anilines is 1. The SMILES string of the molecule is CCC(C)(N)C(=O)Nc1ccccc1CC(N)=O. The minimum absolute atomic E-state index is 0.0872. The number of carbonyl (C=O) groups is 2. The molecule has 18 heavy (non-hydrogen) atoms. The summed E-state index contributed by atoms with van der Waals surface area (Å²) in [4.78, 5) is 22.9. The first-order valence-corrected chi connectivity index (χ1v) is 5.83. The van der Waals surface area contributed by atoms with E-state index in [4.69, 9.17) is 11.5 Å². The molecule has 0 aliphatic heterocycles. The molecule has 0 bridgehead atoms. The summed E-state index contributed by atoms with van der Waals surface area (Å²) in [5.41, 5.74) is 11.3. The zero-order valence-corrected chi connectivity index (χ0v) is 10.7. The zero-order chi connectivity index (χ0) is 13.8. The molecule has 0 spiro atoms. The number of rotatable bonds is 5. The van der Waals surface area contributed by atoms with Gasteiger partial charge in [0.15, 0.2) is 0 Å². The van der Waals surface area contributed by atoms with Crippen LogP contribution in [0.3, 0.4) is 0 Å². The van der Waals surface area contributed by atoms with Crippen LogP contribution >= 0.6 is 0 Å². The van der Waals surface area contributed by atoms with Crippen LogP contribution in [0.4, 0.5) is 5.69 Å². The van der Waals surface area contributed by atoms with Gasteiger partial charge >= 0.3 is 0 Å². The Kier molecular flexibility index (Phi) is 4.44. The number of nitrogens with one attached hydrogen (secondary N) is 1. The van der Waals surface area contributed by atoms with Crippen molar-refractivity contribution >= 4 is 17.5 Å². The molecule has 98 valence electrons.